The quantitative estimate of drug-likeness (QED) is 0.588. The number of carbonyl (C=O) groups is 1. The summed E-state index contributed by atoms with van der Waals surface area (Å²) in [6.45, 7) is 1.93. The van der Waals surface area contributed by atoms with Crippen LogP contribution in [0.3, 0.4) is 0 Å². The third kappa shape index (κ3) is 3.41. The molecule has 1 atom stereocenters. The molecule has 0 unspecified atom stereocenters. The Morgan fingerprint density at radius 2 is 2.00 bits per heavy atom. The van der Waals surface area contributed by atoms with Crippen LogP contribution in [0, 0.1) is 0 Å². The Morgan fingerprint density at radius 3 is 2.65 bits per heavy atom. The van der Waals surface area contributed by atoms with Crippen LogP contribution in [0.5, 0.6) is 0 Å². The molecule has 4 rings (SSSR count). The number of para-hydroxylation sites is 1. The number of amides is 1. The number of benzene rings is 1. The monoisotopic (exact) mass is 384 g/mol. The SMILES string of the molecule is C[C@@H](Sc1nnc(-c2cccs2)n1C1CC1)C(=O)N(C)c1ccccc1. The fraction of sp³-hybridized carbons (Fsp3) is 0.316. The number of thioether (sulfide) groups is 1. The van der Waals surface area contributed by atoms with Gasteiger partial charge in [0.15, 0.2) is 11.0 Å². The summed E-state index contributed by atoms with van der Waals surface area (Å²) in [5.74, 6) is 0.977. The summed E-state index contributed by atoms with van der Waals surface area (Å²) in [7, 11) is 1.82. The summed E-state index contributed by atoms with van der Waals surface area (Å²) in [5.41, 5.74) is 0.896. The Balaban J connectivity index is 1.54. The molecular formula is C19H20N4OS2. The van der Waals surface area contributed by atoms with Crippen molar-refractivity contribution >= 4 is 34.7 Å². The number of nitrogens with zero attached hydrogens (tertiary/aromatic N) is 4. The van der Waals surface area contributed by atoms with Gasteiger partial charge in [-0.1, -0.05) is 36.0 Å². The van der Waals surface area contributed by atoms with Crippen molar-refractivity contribution in [1.82, 2.24) is 14.8 Å². The zero-order chi connectivity index (χ0) is 18.1. The van der Waals surface area contributed by atoms with E-state index >= 15 is 0 Å². The van der Waals surface area contributed by atoms with E-state index in [1.54, 1.807) is 16.2 Å². The van der Waals surface area contributed by atoms with E-state index in [1.807, 2.05) is 50.4 Å². The molecule has 0 radical (unpaired) electrons. The highest BCUT2D eigenvalue weighted by molar-refractivity contribution is 8.00. The summed E-state index contributed by atoms with van der Waals surface area (Å²) in [6.07, 6.45) is 2.30. The van der Waals surface area contributed by atoms with Gasteiger partial charge in [-0.15, -0.1) is 21.5 Å². The molecule has 0 aliphatic heterocycles. The van der Waals surface area contributed by atoms with Crippen molar-refractivity contribution in [3.63, 3.8) is 0 Å². The number of rotatable bonds is 6. The topological polar surface area (TPSA) is 51.0 Å². The molecule has 7 heteroatoms. The number of carbonyl (C=O) groups excluding carboxylic acids is 1. The van der Waals surface area contributed by atoms with Crippen molar-refractivity contribution < 1.29 is 4.79 Å². The minimum Gasteiger partial charge on any atom is -0.315 e. The van der Waals surface area contributed by atoms with E-state index in [9.17, 15) is 4.79 Å². The van der Waals surface area contributed by atoms with Gasteiger partial charge < -0.3 is 4.90 Å². The molecule has 0 bridgehead atoms. The zero-order valence-corrected chi connectivity index (χ0v) is 16.3. The highest BCUT2D eigenvalue weighted by atomic mass is 32.2. The average molecular weight is 385 g/mol. The second-order valence-corrected chi connectivity index (χ2v) is 8.63. The van der Waals surface area contributed by atoms with Crippen LogP contribution in [0.1, 0.15) is 25.8 Å². The van der Waals surface area contributed by atoms with Gasteiger partial charge in [-0.2, -0.15) is 0 Å². The maximum Gasteiger partial charge on any atom is 0.240 e. The summed E-state index contributed by atoms with van der Waals surface area (Å²) in [4.78, 5) is 15.7. The van der Waals surface area contributed by atoms with Gasteiger partial charge in [0, 0.05) is 18.8 Å². The lowest BCUT2D eigenvalue weighted by atomic mass is 10.3. The molecule has 2 aromatic heterocycles. The second-order valence-electron chi connectivity index (χ2n) is 6.38. The Morgan fingerprint density at radius 1 is 1.23 bits per heavy atom. The highest BCUT2D eigenvalue weighted by Gasteiger charge is 2.32. The summed E-state index contributed by atoms with van der Waals surface area (Å²) < 4.78 is 2.21. The standard InChI is InChI=1S/C19H20N4OS2/c1-13(18(24)22(2)14-7-4-3-5-8-14)26-19-21-20-17(16-9-6-12-25-16)23(19)15-10-11-15/h3-9,12-13,15H,10-11H2,1-2H3/t13-/m1/s1. The van der Waals surface area contributed by atoms with Crippen molar-refractivity contribution in [1.29, 1.82) is 0 Å². The fourth-order valence-electron chi connectivity index (χ4n) is 2.85. The first-order valence-corrected chi connectivity index (χ1v) is 10.4. The third-order valence-electron chi connectivity index (χ3n) is 4.42. The van der Waals surface area contributed by atoms with Gasteiger partial charge >= 0.3 is 0 Å². The summed E-state index contributed by atoms with van der Waals surface area (Å²) >= 11 is 3.16. The van der Waals surface area contributed by atoms with E-state index in [1.165, 1.54) is 11.8 Å². The van der Waals surface area contributed by atoms with E-state index in [0.29, 0.717) is 6.04 Å². The minimum atomic E-state index is -0.238. The lowest BCUT2D eigenvalue weighted by molar-refractivity contribution is -0.117. The molecule has 1 aliphatic rings. The Kier molecular flexibility index (Phi) is 4.82. The number of aromatic nitrogens is 3. The van der Waals surface area contributed by atoms with Crippen molar-refractivity contribution in [2.24, 2.45) is 0 Å². The van der Waals surface area contributed by atoms with Gasteiger partial charge in [-0.25, -0.2) is 0 Å². The number of hydrogen-bond acceptors (Lipinski definition) is 5. The molecule has 1 aromatic carbocycles. The molecule has 0 saturated heterocycles. The lowest BCUT2D eigenvalue weighted by Crippen LogP contribution is -2.33. The Hall–Kier alpha value is -2.12. The van der Waals surface area contributed by atoms with Crippen LogP contribution in [0.4, 0.5) is 5.69 Å². The van der Waals surface area contributed by atoms with E-state index in [4.69, 9.17) is 0 Å². The average Bonchev–Trinajstić information content (AvgIpc) is 3.19. The Bertz CT molecular complexity index is 888. The van der Waals surface area contributed by atoms with Crippen molar-refractivity contribution in [2.75, 3.05) is 11.9 Å². The molecule has 0 spiro atoms. The molecule has 26 heavy (non-hydrogen) atoms. The fourth-order valence-corrected chi connectivity index (χ4v) is 4.57. The third-order valence-corrected chi connectivity index (χ3v) is 6.33. The van der Waals surface area contributed by atoms with Gasteiger partial charge in [-0.3, -0.25) is 9.36 Å². The predicted octanol–water partition coefficient (Wildman–Crippen LogP) is 4.49. The molecule has 2 heterocycles. The highest BCUT2D eigenvalue weighted by Crippen LogP contribution is 2.42. The first-order valence-electron chi connectivity index (χ1n) is 8.63. The first kappa shape index (κ1) is 17.3. The number of anilines is 1. The minimum absolute atomic E-state index is 0.0595. The normalized spacial score (nSPS) is 15.0. The van der Waals surface area contributed by atoms with Crippen LogP contribution in [0.15, 0.2) is 53.0 Å². The van der Waals surface area contributed by atoms with Gasteiger partial charge in [0.05, 0.1) is 10.1 Å². The zero-order valence-electron chi connectivity index (χ0n) is 14.7. The van der Waals surface area contributed by atoms with Crippen LogP contribution in [-0.4, -0.2) is 33.0 Å². The van der Waals surface area contributed by atoms with Crippen molar-refractivity contribution in [3.8, 4) is 10.7 Å². The van der Waals surface area contributed by atoms with Gasteiger partial charge in [-0.05, 0) is 43.3 Å². The Labute approximate surface area is 161 Å². The van der Waals surface area contributed by atoms with Crippen molar-refractivity contribution in [3.05, 3.63) is 47.8 Å². The first-order chi connectivity index (χ1) is 12.6. The maximum atomic E-state index is 12.8. The van der Waals surface area contributed by atoms with Gasteiger partial charge in [0.2, 0.25) is 5.91 Å². The van der Waals surface area contributed by atoms with Crippen LogP contribution >= 0.6 is 23.1 Å². The largest absolute Gasteiger partial charge is 0.315 e. The molecule has 134 valence electrons. The van der Waals surface area contributed by atoms with E-state index in [2.05, 4.69) is 26.2 Å². The summed E-state index contributed by atoms with van der Waals surface area (Å²) in [6, 6.07) is 14.3. The predicted molar refractivity (Wildman–Crippen MR) is 107 cm³/mol. The summed E-state index contributed by atoms with van der Waals surface area (Å²) in [5, 5.41) is 11.5. The smallest absolute Gasteiger partial charge is 0.240 e. The molecule has 1 amide bonds. The van der Waals surface area contributed by atoms with Crippen LogP contribution in [0.2, 0.25) is 0 Å². The second kappa shape index (κ2) is 7.25. The van der Waals surface area contributed by atoms with Gasteiger partial charge in [0.1, 0.15) is 0 Å². The molecule has 3 aromatic rings. The number of hydrogen-bond donors (Lipinski definition) is 0. The van der Waals surface area contributed by atoms with Gasteiger partial charge in [0.25, 0.3) is 0 Å². The maximum absolute atomic E-state index is 12.8. The van der Waals surface area contributed by atoms with E-state index in [0.717, 1.165) is 34.4 Å². The molecule has 1 aliphatic carbocycles. The van der Waals surface area contributed by atoms with Crippen LogP contribution in [0.25, 0.3) is 10.7 Å². The van der Waals surface area contributed by atoms with E-state index in [-0.39, 0.29) is 11.2 Å². The van der Waals surface area contributed by atoms with Crippen molar-refractivity contribution in [2.45, 2.75) is 36.2 Å². The molecule has 1 fully saturated rings. The molecular weight excluding hydrogens is 364 g/mol. The molecule has 1 saturated carbocycles. The molecule has 5 nitrogen and oxygen atoms in total. The van der Waals surface area contributed by atoms with Crippen LogP contribution in [-0.2, 0) is 4.79 Å². The number of thiophene rings is 1. The lowest BCUT2D eigenvalue weighted by Gasteiger charge is -2.21. The van der Waals surface area contributed by atoms with E-state index < -0.39 is 0 Å². The van der Waals surface area contributed by atoms with Crippen LogP contribution < -0.4 is 4.90 Å². The molecule has 0 N–H and O–H groups in total.